The standard InChI is InChI=1S/C15H21FN2O2/c1-15(2,3)20-14(19)18-9-5-4-6-11-7-8-12(16)10-13(11)17/h4,6-8,10H,5,9,17H2,1-3H3,(H,18,19). The summed E-state index contributed by atoms with van der Waals surface area (Å²) in [7, 11) is 0. The molecule has 0 fully saturated rings. The Morgan fingerprint density at radius 2 is 2.15 bits per heavy atom. The lowest BCUT2D eigenvalue weighted by molar-refractivity contribution is 0.0529. The van der Waals surface area contributed by atoms with E-state index in [9.17, 15) is 9.18 Å². The number of ether oxygens (including phenoxy) is 1. The summed E-state index contributed by atoms with van der Waals surface area (Å²) in [5.41, 5.74) is 6.32. The van der Waals surface area contributed by atoms with Crippen LogP contribution < -0.4 is 11.1 Å². The summed E-state index contributed by atoms with van der Waals surface area (Å²) in [4.78, 5) is 11.4. The van der Waals surface area contributed by atoms with Crippen molar-refractivity contribution in [3.05, 3.63) is 35.7 Å². The van der Waals surface area contributed by atoms with Gasteiger partial charge in [0.15, 0.2) is 0 Å². The topological polar surface area (TPSA) is 64.3 Å². The van der Waals surface area contributed by atoms with Gasteiger partial charge in [-0.05, 0) is 44.9 Å². The van der Waals surface area contributed by atoms with E-state index in [2.05, 4.69) is 5.32 Å². The van der Waals surface area contributed by atoms with E-state index < -0.39 is 11.7 Å². The van der Waals surface area contributed by atoms with E-state index in [-0.39, 0.29) is 5.82 Å². The second-order valence-corrected chi connectivity index (χ2v) is 5.39. The molecule has 0 spiro atoms. The summed E-state index contributed by atoms with van der Waals surface area (Å²) in [5.74, 6) is -0.355. The zero-order chi connectivity index (χ0) is 15.2. The van der Waals surface area contributed by atoms with Gasteiger partial charge in [-0.25, -0.2) is 9.18 Å². The molecule has 0 unspecified atom stereocenters. The van der Waals surface area contributed by atoms with Crippen LogP contribution in [0.4, 0.5) is 14.9 Å². The quantitative estimate of drug-likeness (QED) is 0.656. The number of benzene rings is 1. The van der Waals surface area contributed by atoms with Crippen LogP contribution in [0, 0.1) is 5.82 Å². The Morgan fingerprint density at radius 1 is 1.45 bits per heavy atom. The molecule has 0 bridgehead atoms. The van der Waals surface area contributed by atoms with Crippen LogP contribution in [0.1, 0.15) is 32.8 Å². The molecule has 1 rings (SSSR count). The molecule has 0 aliphatic rings. The molecule has 0 saturated carbocycles. The fraction of sp³-hybridized carbons (Fsp3) is 0.400. The van der Waals surface area contributed by atoms with Crippen LogP contribution in [0.5, 0.6) is 0 Å². The number of nitrogens with two attached hydrogens (primary N) is 1. The number of nitrogen functional groups attached to an aromatic ring is 1. The lowest BCUT2D eigenvalue weighted by Crippen LogP contribution is -2.32. The van der Waals surface area contributed by atoms with Gasteiger partial charge in [0.1, 0.15) is 11.4 Å². The van der Waals surface area contributed by atoms with E-state index in [1.807, 2.05) is 26.8 Å². The molecule has 1 aromatic rings. The third kappa shape index (κ3) is 6.22. The van der Waals surface area contributed by atoms with E-state index in [4.69, 9.17) is 10.5 Å². The van der Waals surface area contributed by atoms with Crippen molar-refractivity contribution >= 4 is 17.9 Å². The van der Waals surface area contributed by atoms with Gasteiger partial charge in [0.05, 0.1) is 0 Å². The lowest BCUT2D eigenvalue weighted by Gasteiger charge is -2.19. The monoisotopic (exact) mass is 280 g/mol. The van der Waals surface area contributed by atoms with Crippen LogP contribution in [-0.2, 0) is 4.74 Å². The van der Waals surface area contributed by atoms with Crippen molar-refractivity contribution in [1.29, 1.82) is 0 Å². The molecule has 110 valence electrons. The molecule has 0 aromatic heterocycles. The molecule has 0 radical (unpaired) electrons. The molecular formula is C15H21FN2O2. The average molecular weight is 280 g/mol. The second kappa shape index (κ2) is 6.93. The first-order chi connectivity index (χ1) is 9.28. The first kappa shape index (κ1) is 16.0. The summed E-state index contributed by atoms with van der Waals surface area (Å²) in [6, 6.07) is 4.25. The molecular weight excluding hydrogens is 259 g/mol. The Labute approximate surface area is 118 Å². The number of amides is 1. The Hall–Kier alpha value is -2.04. The van der Waals surface area contributed by atoms with Crippen LogP contribution in [-0.4, -0.2) is 18.2 Å². The largest absolute Gasteiger partial charge is 0.444 e. The third-order valence-corrected chi connectivity index (χ3v) is 2.33. The highest BCUT2D eigenvalue weighted by molar-refractivity contribution is 5.67. The van der Waals surface area contributed by atoms with Crippen molar-refractivity contribution in [1.82, 2.24) is 5.32 Å². The number of hydrogen-bond donors (Lipinski definition) is 2. The Balaban J connectivity index is 2.34. The molecule has 0 atom stereocenters. The van der Waals surface area contributed by atoms with Crippen molar-refractivity contribution in [3.8, 4) is 0 Å². The average Bonchev–Trinajstić information content (AvgIpc) is 2.28. The van der Waals surface area contributed by atoms with Gasteiger partial charge in [0, 0.05) is 12.2 Å². The molecule has 20 heavy (non-hydrogen) atoms. The first-order valence-corrected chi connectivity index (χ1v) is 6.46. The third-order valence-electron chi connectivity index (χ3n) is 2.33. The van der Waals surface area contributed by atoms with E-state index >= 15 is 0 Å². The van der Waals surface area contributed by atoms with Crippen LogP contribution in [0.25, 0.3) is 6.08 Å². The highest BCUT2D eigenvalue weighted by Crippen LogP contribution is 2.15. The minimum absolute atomic E-state index is 0.355. The molecule has 0 aliphatic heterocycles. The molecule has 0 aliphatic carbocycles. The zero-order valence-electron chi connectivity index (χ0n) is 12.1. The highest BCUT2D eigenvalue weighted by atomic mass is 19.1. The molecule has 1 amide bonds. The summed E-state index contributed by atoms with van der Waals surface area (Å²) < 4.78 is 17.9. The first-order valence-electron chi connectivity index (χ1n) is 6.46. The minimum atomic E-state index is -0.498. The maximum absolute atomic E-state index is 12.8. The van der Waals surface area contributed by atoms with Crippen LogP contribution >= 0.6 is 0 Å². The van der Waals surface area contributed by atoms with Crippen molar-refractivity contribution in [3.63, 3.8) is 0 Å². The molecule has 5 heteroatoms. The van der Waals surface area contributed by atoms with Gasteiger partial charge in [-0.3, -0.25) is 0 Å². The predicted octanol–water partition coefficient (Wildman–Crippen LogP) is 3.34. The van der Waals surface area contributed by atoms with E-state index in [1.54, 1.807) is 12.1 Å². The van der Waals surface area contributed by atoms with Gasteiger partial charge < -0.3 is 15.8 Å². The van der Waals surface area contributed by atoms with Crippen molar-refractivity contribution in [2.75, 3.05) is 12.3 Å². The van der Waals surface area contributed by atoms with Gasteiger partial charge in [0.2, 0.25) is 0 Å². The summed E-state index contributed by atoms with van der Waals surface area (Å²) in [6.07, 6.45) is 3.86. The van der Waals surface area contributed by atoms with Gasteiger partial charge in [-0.1, -0.05) is 18.2 Å². The van der Waals surface area contributed by atoms with Crippen molar-refractivity contribution < 1.29 is 13.9 Å². The number of rotatable bonds is 4. The number of alkyl carbamates (subject to hydrolysis) is 1. The van der Waals surface area contributed by atoms with Crippen molar-refractivity contribution in [2.45, 2.75) is 32.8 Å². The second-order valence-electron chi connectivity index (χ2n) is 5.39. The fourth-order valence-corrected chi connectivity index (χ4v) is 1.48. The van der Waals surface area contributed by atoms with Crippen LogP contribution in [0.2, 0.25) is 0 Å². The van der Waals surface area contributed by atoms with E-state index in [0.717, 1.165) is 5.56 Å². The Kier molecular flexibility index (Phi) is 5.55. The zero-order valence-corrected chi connectivity index (χ0v) is 12.1. The highest BCUT2D eigenvalue weighted by Gasteiger charge is 2.15. The molecule has 0 heterocycles. The lowest BCUT2D eigenvalue weighted by atomic mass is 10.1. The Bertz CT molecular complexity index is 493. The molecule has 3 N–H and O–H groups in total. The SMILES string of the molecule is CC(C)(C)OC(=O)NCCC=Cc1ccc(F)cc1N. The van der Waals surface area contributed by atoms with E-state index in [1.165, 1.54) is 12.1 Å². The van der Waals surface area contributed by atoms with Gasteiger partial charge in [-0.2, -0.15) is 0 Å². The maximum atomic E-state index is 12.8. The number of halogens is 1. The normalized spacial score (nSPS) is 11.6. The van der Waals surface area contributed by atoms with Gasteiger partial charge in [-0.15, -0.1) is 0 Å². The summed E-state index contributed by atoms with van der Waals surface area (Å²) in [6.45, 7) is 5.89. The predicted molar refractivity (Wildman–Crippen MR) is 78.7 cm³/mol. The molecule has 0 saturated heterocycles. The number of carbonyl (C=O) groups is 1. The molecule has 1 aromatic carbocycles. The van der Waals surface area contributed by atoms with Crippen molar-refractivity contribution in [2.24, 2.45) is 0 Å². The summed E-state index contributed by atoms with van der Waals surface area (Å²) >= 11 is 0. The number of carbonyl (C=O) groups excluding carboxylic acids is 1. The Morgan fingerprint density at radius 3 is 2.75 bits per heavy atom. The number of nitrogens with one attached hydrogen (secondary N) is 1. The smallest absolute Gasteiger partial charge is 0.407 e. The van der Waals surface area contributed by atoms with Crippen LogP contribution in [0.15, 0.2) is 24.3 Å². The van der Waals surface area contributed by atoms with Crippen LogP contribution in [0.3, 0.4) is 0 Å². The number of anilines is 1. The van der Waals surface area contributed by atoms with Gasteiger partial charge >= 0.3 is 6.09 Å². The fourth-order valence-electron chi connectivity index (χ4n) is 1.48. The summed E-state index contributed by atoms with van der Waals surface area (Å²) in [5, 5.41) is 2.65. The number of hydrogen-bond acceptors (Lipinski definition) is 3. The maximum Gasteiger partial charge on any atom is 0.407 e. The van der Waals surface area contributed by atoms with E-state index in [0.29, 0.717) is 18.7 Å². The molecule has 4 nitrogen and oxygen atoms in total. The van der Waals surface area contributed by atoms with Gasteiger partial charge in [0.25, 0.3) is 0 Å². The minimum Gasteiger partial charge on any atom is -0.444 e.